The van der Waals surface area contributed by atoms with Gasteiger partial charge in [-0.25, -0.2) is 0 Å². The molecule has 1 amide bonds. The minimum absolute atomic E-state index is 0.326. The Morgan fingerprint density at radius 1 is 1.36 bits per heavy atom. The van der Waals surface area contributed by atoms with Crippen molar-refractivity contribution in [2.75, 3.05) is 11.9 Å². The number of pyridine rings is 1. The molecule has 5 N–H and O–H groups in total. The highest BCUT2D eigenvalue weighted by Gasteiger charge is 2.17. The monoisotopic (exact) mass is 339 g/mol. The molecule has 0 aliphatic rings. The van der Waals surface area contributed by atoms with Gasteiger partial charge < -0.3 is 16.2 Å². The summed E-state index contributed by atoms with van der Waals surface area (Å²) in [5, 5.41) is 20.7. The molecular formula is C18H21N5O2. The second kappa shape index (κ2) is 6.52. The topological polar surface area (TPSA) is 117 Å². The number of benzene rings is 1. The van der Waals surface area contributed by atoms with E-state index in [4.69, 9.17) is 5.73 Å². The van der Waals surface area contributed by atoms with Crippen LogP contribution in [-0.2, 0) is 0 Å². The molecule has 0 unspecified atom stereocenters. The molecule has 3 rings (SSSR count). The predicted molar refractivity (Wildman–Crippen MR) is 97.2 cm³/mol. The SMILES string of the molecule is CC(C)(O)CCNc1c(C(N)=O)cnc2c(-c3cn[nH]c3)cccc12. The quantitative estimate of drug-likeness (QED) is 0.550. The van der Waals surface area contributed by atoms with Crippen LogP contribution in [0.3, 0.4) is 0 Å². The number of para-hydroxylation sites is 1. The van der Waals surface area contributed by atoms with Gasteiger partial charge in [0.2, 0.25) is 0 Å². The predicted octanol–water partition coefficient (Wildman–Crippen LogP) is 2.30. The summed E-state index contributed by atoms with van der Waals surface area (Å²) in [5.41, 5.74) is 8.24. The first-order valence-electron chi connectivity index (χ1n) is 8.04. The summed E-state index contributed by atoms with van der Waals surface area (Å²) in [6, 6.07) is 5.74. The molecule has 0 saturated heterocycles. The van der Waals surface area contributed by atoms with Crippen LogP contribution in [0.15, 0.2) is 36.8 Å². The second-order valence-electron chi connectivity index (χ2n) is 6.59. The highest BCUT2D eigenvalue weighted by molar-refractivity contribution is 6.09. The van der Waals surface area contributed by atoms with Gasteiger partial charge >= 0.3 is 0 Å². The molecule has 7 heteroatoms. The van der Waals surface area contributed by atoms with E-state index in [0.717, 1.165) is 22.0 Å². The van der Waals surface area contributed by atoms with Crippen LogP contribution in [0.4, 0.5) is 5.69 Å². The molecule has 0 saturated carbocycles. The van der Waals surface area contributed by atoms with E-state index in [1.807, 2.05) is 18.2 Å². The summed E-state index contributed by atoms with van der Waals surface area (Å²) >= 11 is 0. The Kier molecular flexibility index (Phi) is 4.41. The molecule has 0 spiro atoms. The first kappa shape index (κ1) is 16.9. The number of nitrogens with zero attached hydrogens (tertiary/aromatic N) is 2. The Balaban J connectivity index is 2.10. The summed E-state index contributed by atoms with van der Waals surface area (Å²) in [6.07, 6.45) is 5.52. The third-order valence-corrected chi connectivity index (χ3v) is 4.01. The molecule has 130 valence electrons. The molecular weight excluding hydrogens is 318 g/mol. The molecule has 2 heterocycles. The van der Waals surface area contributed by atoms with Crippen LogP contribution < -0.4 is 11.1 Å². The van der Waals surface area contributed by atoms with E-state index in [0.29, 0.717) is 24.2 Å². The summed E-state index contributed by atoms with van der Waals surface area (Å²) in [7, 11) is 0. The number of carbonyl (C=O) groups excluding carboxylic acids is 1. The zero-order chi connectivity index (χ0) is 18.0. The molecule has 0 aliphatic carbocycles. The standard InChI is InChI=1S/C18H21N5O2/c1-18(2,25)6-7-20-16-13-5-3-4-12(11-8-22-23-9-11)15(13)21-10-14(16)17(19)24/h3-5,8-10,25H,6-7H2,1-2H3,(H2,19,24)(H,20,21)(H,22,23). The van der Waals surface area contributed by atoms with Crippen LogP contribution in [0.25, 0.3) is 22.0 Å². The van der Waals surface area contributed by atoms with Crippen LogP contribution in [0.2, 0.25) is 0 Å². The van der Waals surface area contributed by atoms with Crippen molar-refractivity contribution < 1.29 is 9.90 Å². The molecule has 0 atom stereocenters. The first-order chi connectivity index (χ1) is 11.9. The largest absolute Gasteiger partial charge is 0.390 e. The van der Waals surface area contributed by atoms with E-state index in [-0.39, 0.29) is 0 Å². The molecule has 3 aromatic rings. The van der Waals surface area contributed by atoms with Crippen LogP contribution >= 0.6 is 0 Å². The van der Waals surface area contributed by atoms with Crippen LogP contribution in [0, 0.1) is 0 Å². The highest BCUT2D eigenvalue weighted by atomic mass is 16.3. The molecule has 2 aromatic heterocycles. The van der Waals surface area contributed by atoms with Crippen LogP contribution in [-0.4, -0.2) is 38.3 Å². The molecule has 7 nitrogen and oxygen atoms in total. The van der Waals surface area contributed by atoms with Crippen molar-refractivity contribution in [3.05, 3.63) is 42.4 Å². The van der Waals surface area contributed by atoms with Gasteiger partial charge in [0.15, 0.2) is 0 Å². The summed E-state index contributed by atoms with van der Waals surface area (Å²) in [5.74, 6) is -0.547. The lowest BCUT2D eigenvalue weighted by molar-refractivity contribution is 0.0749. The average molecular weight is 339 g/mol. The lowest BCUT2D eigenvalue weighted by atomic mass is 10.0. The maximum absolute atomic E-state index is 11.8. The fourth-order valence-corrected chi connectivity index (χ4v) is 2.72. The van der Waals surface area contributed by atoms with Crippen molar-refractivity contribution in [1.82, 2.24) is 15.2 Å². The summed E-state index contributed by atoms with van der Waals surface area (Å²) in [6.45, 7) is 3.98. The van der Waals surface area contributed by atoms with E-state index < -0.39 is 11.5 Å². The minimum atomic E-state index is -0.801. The zero-order valence-electron chi connectivity index (χ0n) is 14.2. The number of aromatic amines is 1. The van der Waals surface area contributed by atoms with Gasteiger partial charge in [-0.05, 0) is 20.3 Å². The number of aromatic nitrogens is 3. The number of fused-ring (bicyclic) bond motifs is 1. The molecule has 25 heavy (non-hydrogen) atoms. The number of hydrogen-bond donors (Lipinski definition) is 4. The second-order valence-corrected chi connectivity index (χ2v) is 6.59. The fourth-order valence-electron chi connectivity index (χ4n) is 2.72. The van der Waals surface area contributed by atoms with E-state index in [1.54, 1.807) is 26.2 Å². The maximum atomic E-state index is 11.8. The van der Waals surface area contributed by atoms with Crippen LogP contribution in [0.5, 0.6) is 0 Å². The lowest BCUT2D eigenvalue weighted by Gasteiger charge is -2.19. The number of nitrogens with two attached hydrogens (primary N) is 1. The number of rotatable bonds is 6. The number of aliphatic hydroxyl groups is 1. The lowest BCUT2D eigenvalue weighted by Crippen LogP contribution is -2.23. The first-order valence-corrected chi connectivity index (χ1v) is 8.04. The molecule has 0 radical (unpaired) electrons. The Morgan fingerprint density at radius 3 is 2.80 bits per heavy atom. The van der Waals surface area contributed by atoms with E-state index in [2.05, 4.69) is 20.5 Å². The van der Waals surface area contributed by atoms with Crippen molar-refractivity contribution in [1.29, 1.82) is 0 Å². The van der Waals surface area contributed by atoms with Crippen molar-refractivity contribution >= 4 is 22.5 Å². The van der Waals surface area contributed by atoms with Gasteiger partial charge in [-0.3, -0.25) is 14.9 Å². The van der Waals surface area contributed by atoms with E-state index >= 15 is 0 Å². The fraction of sp³-hybridized carbons (Fsp3) is 0.278. The van der Waals surface area contributed by atoms with Gasteiger partial charge in [0.05, 0.1) is 28.6 Å². The molecule has 0 fully saturated rings. The Bertz CT molecular complexity index is 898. The minimum Gasteiger partial charge on any atom is -0.390 e. The average Bonchev–Trinajstić information content (AvgIpc) is 3.07. The van der Waals surface area contributed by atoms with Crippen molar-refractivity contribution in [3.8, 4) is 11.1 Å². The maximum Gasteiger partial charge on any atom is 0.252 e. The van der Waals surface area contributed by atoms with E-state index in [1.165, 1.54) is 6.20 Å². The van der Waals surface area contributed by atoms with Gasteiger partial charge in [-0.1, -0.05) is 18.2 Å². The Labute approximate surface area is 145 Å². The van der Waals surface area contributed by atoms with Crippen molar-refractivity contribution in [3.63, 3.8) is 0 Å². The zero-order valence-corrected chi connectivity index (χ0v) is 14.2. The Hall–Kier alpha value is -2.93. The number of primary amides is 1. The van der Waals surface area contributed by atoms with Crippen LogP contribution in [0.1, 0.15) is 30.6 Å². The van der Waals surface area contributed by atoms with Gasteiger partial charge in [0.25, 0.3) is 5.91 Å². The van der Waals surface area contributed by atoms with Crippen molar-refractivity contribution in [2.45, 2.75) is 25.9 Å². The van der Waals surface area contributed by atoms with Crippen molar-refractivity contribution in [2.24, 2.45) is 5.73 Å². The number of H-pyrrole nitrogens is 1. The third-order valence-electron chi connectivity index (χ3n) is 4.01. The Morgan fingerprint density at radius 2 is 2.16 bits per heavy atom. The number of hydrogen-bond acceptors (Lipinski definition) is 5. The van der Waals surface area contributed by atoms with Gasteiger partial charge in [0, 0.05) is 35.5 Å². The van der Waals surface area contributed by atoms with E-state index in [9.17, 15) is 9.90 Å². The smallest absolute Gasteiger partial charge is 0.252 e. The molecule has 1 aromatic carbocycles. The number of anilines is 1. The summed E-state index contributed by atoms with van der Waals surface area (Å²) in [4.78, 5) is 16.3. The normalized spacial score (nSPS) is 11.6. The van der Waals surface area contributed by atoms with Gasteiger partial charge in [0.1, 0.15) is 0 Å². The number of carbonyl (C=O) groups is 1. The third kappa shape index (κ3) is 3.61. The van der Waals surface area contributed by atoms with Gasteiger partial charge in [-0.15, -0.1) is 0 Å². The number of nitrogens with one attached hydrogen (secondary N) is 2. The van der Waals surface area contributed by atoms with Gasteiger partial charge in [-0.2, -0.15) is 5.10 Å². The molecule has 0 aliphatic heterocycles. The summed E-state index contributed by atoms with van der Waals surface area (Å²) < 4.78 is 0. The highest BCUT2D eigenvalue weighted by Crippen LogP contribution is 2.32. The molecule has 0 bridgehead atoms. The number of amides is 1.